The number of hydrogen-bond donors (Lipinski definition) is 2. The van der Waals surface area contributed by atoms with Crippen LogP contribution in [0.1, 0.15) is 27.8 Å². The van der Waals surface area contributed by atoms with Crippen molar-refractivity contribution in [3.8, 4) is 5.88 Å². The number of aryl methyl sites for hydroxylation is 1. The lowest BCUT2D eigenvalue weighted by Gasteiger charge is -2.10. The first kappa shape index (κ1) is 14.6. The fraction of sp³-hybridized carbons (Fsp3) is 0.357. The van der Waals surface area contributed by atoms with Crippen LogP contribution in [0.15, 0.2) is 26.8 Å². The first-order chi connectivity index (χ1) is 10.4. The third kappa shape index (κ3) is 2.16. The zero-order valence-corrected chi connectivity index (χ0v) is 13.3. The van der Waals surface area contributed by atoms with Gasteiger partial charge < -0.3 is 10.5 Å². The molecule has 2 aromatic rings. The van der Waals surface area contributed by atoms with Gasteiger partial charge in [-0.3, -0.25) is 13.9 Å². The van der Waals surface area contributed by atoms with Crippen LogP contribution in [0.5, 0.6) is 5.88 Å². The van der Waals surface area contributed by atoms with Crippen LogP contribution in [0.4, 0.5) is 0 Å². The molecule has 3 rings (SSSR count). The van der Waals surface area contributed by atoms with Gasteiger partial charge in [0.2, 0.25) is 5.88 Å². The highest BCUT2D eigenvalue weighted by Gasteiger charge is 2.28. The van der Waals surface area contributed by atoms with E-state index in [2.05, 4.69) is 10.5 Å². The van der Waals surface area contributed by atoms with Crippen LogP contribution < -0.4 is 16.7 Å². The Hall–Kier alpha value is -2.35. The molecule has 0 saturated heterocycles. The molecule has 0 bridgehead atoms. The smallest absolute Gasteiger partial charge is 0.333 e. The minimum Gasteiger partial charge on any atom is -0.494 e. The van der Waals surface area contributed by atoms with E-state index in [1.165, 1.54) is 19.0 Å². The predicted octanol–water partition coefficient (Wildman–Crippen LogP) is 0.598. The van der Waals surface area contributed by atoms with Gasteiger partial charge in [0.05, 0.1) is 11.8 Å². The van der Waals surface area contributed by atoms with Crippen molar-refractivity contribution >= 4 is 17.0 Å². The fourth-order valence-electron chi connectivity index (χ4n) is 2.49. The number of aromatic nitrogens is 2. The van der Waals surface area contributed by atoms with Gasteiger partial charge in [-0.25, -0.2) is 4.79 Å². The van der Waals surface area contributed by atoms with Crippen LogP contribution >= 0.6 is 11.3 Å². The number of hydrazone groups is 1. The highest BCUT2D eigenvalue weighted by molar-refractivity contribution is 7.12. The average molecular weight is 320 g/mol. The maximum atomic E-state index is 12.3. The van der Waals surface area contributed by atoms with Crippen LogP contribution in [0.25, 0.3) is 0 Å². The Morgan fingerprint density at radius 2 is 2.05 bits per heavy atom. The van der Waals surface area contributed by atoms with E-state index in [1.54, 1.807) is 11.3 Å². The molecular formula is C14H16N4O3S. The van der Waals surface area contributed by atoms with Gasteiger partial charge in [-0.2, -0.15) is 5.10 Å². The summed E-state index contributed by atoms with van der Waals surface area (Å²) < 4.78 is 2.02. The zero-order valence-electron chi connectivity index (χ0n) is 12.5. The standard InChI is InChI=1S/C14H16N4O3S/c1-7-4-5-10(22-7)8-6-9(16-15-8)11-12(19)17(2)14(21)18(3)13(11)20/h4-5,8,15,19H,6H2,1-3H3/t8-/m0/s1. The van der Waals surface area contributed by atoms with Gasteiger partial charge in [0, 0.05) is 30.3 Å². The Labute approximate surface area is 130 Å². The molecule has 1 aliphatic rings. The number of hydrogen-bond acceptors (Lipinski definition) is 6. The molecule has 0 saturated carbocycles. The third-order valence-electron chi connectivity index (χ3n) is 3.78. The van der Waals surface area contributed by atoms with Crippen LogP contribution in [-0.2, 0) is 14.1 Å². The van der Waals surface area contributed by atoms with Crippen molar-refractivity contribution in [2.24, 2.45) is 19.2 Å². The molecule has 22 heavy (non-hydrogen) atoms. The summed E-state index contributed by atoms with van der Waals surface area (Å²) in [7, 11) is 2.81. The minimum absolute atomic E-state index is 0.0185. The normalized spacial score (nSPS) is 17.4. The molecule has 0 spiro atoms. The zero-order chi connectivity index (χ0) is 16.0. The summed E-state index contributed by atoms with van der Waals surface area (Å²) >= 11 is 1.66. The second kappa shape index (κ2) is 5.13. The monoisotopic (exact) mass is 320 g/mol. The Morgan fingerprint density at radius 1 is 1.32 bits per heavy atom. The Kier molecular flexibility index (Phi) is 3.40. The van der Waals surface area contributed by atoms with Gasteiger partial charge in [-0.05, 0) is 19.1 Å². The molecule has 0 aromatic carbocycles. The average Bonchev–Trinajstić information content (AvgIpc) is 3.12. The lowest BCUT2D eigenvalue weighted by Crippen LogP contribution is -2.39. The molecule has 2 aromatic heterocycles. The molecule has 7 nitrogen and oxygen atoms in total. The molecule has 0 amide bonds. The number of rotatable bonds is 2. The van der Waals surface area contributed by atoms with E-state index < -0.39 is 11.2 Å². The van der Waals surface area contributed by atoms with Gasteiger partial charge in [-0.1, -0.05) is 0 Å². The highest BCUT2D eigenvalue weighted by atomic mass is 32.1. The maximum Gasteiger partial charge on any atom is 0.333 e. The Morgan fingerprint density at radius 3 is 2.68 bits per heavy atom. The van der Waals surface area contributed by atoms with E-state index in [-0.39, 0.29) is 17.5 Å². The molecule has 0 unspecified atom stereocenters. The second-order valence-electron chi connectivity index (χ2n) is 5.30. The van der Waals surface area contributed by atoms with Crippen molar-refractivity contribution in [2.75, 3.05) is 0 Å². The minimum atomic E-state index is -0.566. The summed E-state index contributed by atoms with van der Waals surface area (Å²) in [6.45, 7) is 2.03. The largest absolute Gasteiger partial charge is 0.494 e. The van der Waals surface area contributed by atoms with Crippen LogP contribution in [-0.4, -0.2) is 20.0 Å². The molecule has 0 radical (unpaired) electrons. The van der Waals surface area contributed by atoms with E-state index >= 15 is 0 Å². The van der Waals surface area contributed by atoms with Crippen molar-refractivity contribution in [1.82, 2.24) is 14.6 Å². The van der Waals surface area contributed by atoms with E-state index in [0.717, 1.165) is 14.0 Å². The molecule has 3 heterocycles. The summed E-state index contributed by atoms with van der Waals surface area (Å²) in [4.78, 5) is 26.4. The summed E-state index contributed by atoms with van der Waals surface area (Å²) in [6, 6.07) is 4.03. The lowest BCUT2D eigenvalue weighted by atomic mass is 10.1. The first-order valence-corrected chi connectivity index (χ1v) is 7.59. The maximum absolute atomic E-state index is 12.3. The van der Waals surface area contributed by atoms with Gasteiger partial charge >= 0.3 is 5.69 Å². The summed E-state index contributed by atoms with van der Waals surface area (Å²) in [5.41, 5.74) is 2.43. The summed E-state index contributed by atoms with van der Waals surface area (Å²) in [6.07, 6.45) is 0.487. The van der Waals surface area contributed by atoms with Crippen LogP contribution in [0.2, 0.25) is 0 Å². The van der Waals surface area contributed by atoms with E-state index in [4.69, 9.17) is 0 Å². The van der Waals surface area contributed by atoms with Crippen molar-refractivity contribution in [1.29, 1.82) is 0 Å². The van der Waals surface area contributed by atoms with Crippen LogP contribution in [0, 0.1) is 6.92 Å². The molecule has 1 atom stereocenters. The van der Waals surface area contributed by atoms with Gasteiger partial charge in [-0.15, -0.1) is 11.3 Å². The molecule has 2 N–H and O–H groups in total. The highest BCUT2D eigenvalue weighted by Crippen LogP contribution is 2.30. The fourth-order valence-corrected chi connectivity index (χ4v) is 3.41. The van der Waals surface area contributed by atoms with Crippen molar-refractivity contribution in [3.05, 3.63) is 48.3 Å². The van der Waals surface area contributed by atoms with Crippen molar-refractivity contribution < 1.29 is 5.11 Å². The summed E-state index contributed by atoms with van der Waals surface area (Å²) in [5, 5.41) is 14.3. The second-order valence-corrected chi connectivity index (χ2v) is 6.62. The molecule has 8 heteroatoms. The molecule has 116 valence electrons. The predicted molar refractivity (Wildman–Crippen MR) is 84.7 cm³/mol. The van der Waals surface area contributed by atoms with Gasteiger partial charge in [0.1, 0.15) is 5.56 Å². The van der Waals surface area contributed by atoms with E-state index in [1.807, 2.05) is 19.1 Å². The Bertz CT molecular complexity index is 890. The molecule has 1 aliphatic heterocycles. The number of nitrogens with one attached hydrogen (secondary N) is 1. The SMILES string of the molecule is Cc1ccc([C@@H]2CC(c3c(O)n(C)c(=O)n(C)c3=O)=NN2)s1. The topological polar surface area (TPSA) is 88.6 Å². The van der Waals surface area contributed by atoms with Crippen LogP contribution in [0.3, 0.4) is 0 Å². The summed E-state index contributed by atoms with van der Waals surface area (Å²) in [5.74, 6) is -0.350. The first-order valence-electron chi connectivity index (χ1n) is 6.78. The van der Waals surface area contributed by atoms with Crippen molar-refractivity contribution in [2.45, 2.75) is 19.4 Å². The van der Waals surface area contributed by atoms with Gasteiger partial charge in [0.25, 0.3) is 5.56 Å². The lowest BCUT2D eigenvalue weighted by molar-refractivity contribution is 0.410. The number of aromatic hydroxyl groups is 1. The Balaban J connectivity index is 2.01. The third-order valence-corrected chi connectivity index (χ3v) is 4.89. The molecular weight excluding hydrogens is 304 g/mol. The molecule has 0 aliphatic carbocycles. The number of nitrogens with zero attached hydrogens (tertiary/aromatic N) is 3. The van der Waals surface area contributed by atoms with E-state index in [9.17, 15) is 14.7 Å². The quantitative estimate of drug-likeness (QED) is 0.848. The van der Waals surface area contributed by atoms with Gasteiger partial charge in [0.15, 0.2) is 0 Å². The van der Waals surface area contributed by atoms with E-state index in [0.29, 0.717) is 12.1 Å². The molecule has 0 fully saturated rings. The van der Waals surface area contributed by atoms with Crippen molar-refractivity contribution in [3.63, 3.8) is 0 Å². The number of thiophene rings is 1.